The lowest BCUT2D eigenvalue weighted by Crippen LogP contribution is -2.33. The predicted molar refractivity (Wildman–Crippen MR) is 79.9 cm³/mol. The number of thiazole rings is 1. The number of rotatable bonds is 6. The lowest BCUT2D eigenvalue weighted by Gasteiger charge is -2.24. The van der Waals surface area contributed by atoms with Crippen LogP contribution in [0.2, 0.25) is 0 Å². The smallest absolute Gasteiger partial charge is 0.317 e. The van der Waals surface area contributed by atoms with E-state index in [0.717, 1.165) is 17.4 Å². The highest BCUT2D eigenvalue weighted by Gasteiger charge is 2.34. The van der Waals surface area contributed by atoms with Gasteiger partial charge in [0.1, 0.15) is 5.41 Å². The van der Waals surface area contributed by atoms with Crippen LogP contribution in [0.1, 0.15) is 47.2 Å². The number of hydrogen-bond acceptors (Lipinski definition) is 5. The number of carbonyl (C=O) groups is 1. The number of ether oxygens (including phenoxy) is 1. The van der Waals surface area contributed by atoms with Crippen LogP contribution in [0.3, 0.4) is 0 Å². The fraction of sp³-hybridized carbons (Fsp3) is 0.714. The predicted octanol–water partition coefficient (Wildman–Crippen LogP) is 3.22. The van der Waals surface area contributed by atoms with E-state index in [1.54, 1.807) is 11.3 Å². The average molecular weight is 284 g/mol. The normalized spacial score (nSPS) is 11.7. The lowest BCUT2D eigenvalue weighted by atomic mass is 9.90. The molecule has 108 valence electrons. The molecule has 0 fully saturated rings. The van der Waals surface area contributed by atoms with Gasteiger partial charge in [0.15, 0.2) is 5.13 Å². The van der Waals surface area contributed by atoms with Crippen LogP contribution in [0.5, 0.6) is 0 Å². The van der Waals surface area contributed by atoms with Crippen molar-refractivity contribution in [3.63, 3.8) is 0 Å². The van der Waals surface area contributed by atoms with Gasteiger partial charge in [-0.05, 0) is 41.5 Å². The van der Waals surface area contributed by atoms with E-state index in [1.165, 1.54) is 0 Å². The van der Waals surface area contributed by atoms with Gasteiger partial charge in [-0.2, -0.15) is 0 Å². The van der Waals surface area contributed by atoms with Gasteiger partial charge in [-0.15, -0.1) is 11.3 Å². The van der Waals surface area contributed by atoms with Crippen molar-refractivity contribution in [1.82, 2.24) is 4.98 Å². The molecule has 0 radical (unpaired) electrons. The summed E-state index contributed by atoms with van der Waals surface area (Å²) in [4.78, 5) is 18.8. The molecule has 1 aromatic rings. The van der Waals surface area contributed by atoms with E-state index in [0.29, 0.717) is 12.6 Å². The van der Waals surface area contributed by atoms with Gasteiger partial charge in [0.2, 0.25) is 0 Å². The molecule has 0 amide bonds. The lowest BCUT2D eigenvalue weighted by molar-refractivity contribution is -0.148. The van der Waals surface area contributed by atoms with E-state index >= 15 is 0 Å². The first-order valence-corrected chi connectivity index (χ1v) is 7.62. The molecule has 4 nitrogen and oxygen atoms in total. The Balaban J connectivity index is 2.98. The van der Waals surface area contributed by atoms with Gasteiger partial charge >= 0.3 is 5.97 Å². The fourth-order valence-corrected chi connectivity index (χ4v) is 3.01. The van der Waals surface area contributed by atoms with Crippen LogP contribution in [0, 0.1) is 0 Å². The van der Waals surface area contributed by atoms with Crippen molar-refractivity contribution in [1.29, 1.82) is 0 Å². The van der Waals surface area contributed by atoms with Crippen LogP contribution >= 0.6 is 11.3 Å². The van der Waals surface area contributed by atoms with Gasteiger partial charge in [0.05, 0.1) is 12.3 Å². The third-order valence-corrected chi connectivity index (χ3v) is 4.01. The Morgan fingerprint density at radius 3 is 2.58 bits per heavy atom. The highest BCUT2D eigenvalue weighted by atomic mass is 32.1. The number of anilines is 1. The van der Waals surface area contributed by atoms with Gasteiger partial charge < -0.3 is 9.64 Å². The quantitative estimate of drug-likeness (QED) is 0.752. The fourth-order valence-electron chi connectivity index (χ4n) is 1.82. The molecular weight excluding hydrogens is 260 g/mol. The molecule has 0 saturated carbocycles. The van der Waals surface area contributed by atoms with E-state index in [2.05, 4.69) is 30.7 Å². The first-order valence-electron chi connectivity index (χ1n) is 6.74. The van der Waals surface area contributed by atoms with E-state index in [-0.39, 0.29) is 5.97 Å². The van der Waals surface area contributed by atoms with Crippen LogP contribution in [-0.2, 0) is 14.9 Å². The van der Waals surface area contributed by atoms with E-state index in [9.17, 15) is 4.79 Å². The SMILES string of the molecule is CCOC(=O)C(C)(C)c1csc(N(CC)C(C)C)n1. The highest BCUT2D eigenvalue weighted by molar-refractivity contribution is 7.13. The minimum atomic E-state index is -0.693. The van der Waals surface area contributed by atoms with Crippen molar-refractivity contribution in [2.45, 2.75) is 53.0 Å². The summed E-state index contributed by atoms with van der Waals surface area (Å²) in [6.45, 7) is 13.2. The zero-order valence-electron chi connectivity index (χ0n) is 12.7. The van der Waals surface area contributed by atoms with Crippen molar-refractivity contribution < 1.29 is 9.53 Å². The molecule has 0 saturated heterocycles. The maximum absolute atomic E-state index is 12.0. The first-order chi connectivity index (χ1) is 8.84. The molecule has 19 heavy (non-hydrogen) atoms. The Labute approximate surface area is 119 Å². The van der Waals surface area contributed by atoms with Crippen LogP contribution in [0.15, 0.2) is 5.38 Å². The van der Waals surface area contributed by atoms with Crippen LogP contribution in [-0.4, -0.2) is 30.1 Å². The zero-order valence-corrected chi connectivity index (χ0v) is 13.5. The summed E-state index contributed by atoms with van der Waals surface area (Å²) < 4.78 is 5.12. The average Bonchev–Trinajstić information content (AvgIpc) is 2.79. The summed E-state index contributed by atoms with van der Waals surface area (Å²) in [7, 11) is 0. The maximum Gasteiger partial charge on any atom is 0.317 e. The Hall–Kier alpha value is -1.10. The monoisotopic (exact) mass is 284 g/mol. The topological polar surface area (TPSA) is 42.4 Å². The molecule has 0 aromatic carbocycles. The molecule has 5 heteroatoms. The molecule has 1 rings (SSSR count). The van der Waals surface area contributed by atoms with Gasteiger partial charge in [0, 0.05) is 18.0 Å². The minimum Gasteiger partial charge on any atom is -0.465 e. The van der Waals surface area contributed by atoms with Crippen molar-refractivity contribution in [2.24, 2.45) is 0 Å². The van der Waals surface area contributed by atoms with E-state index in [4.69, 9.17) is 4.74 Å². The van der Waals surface area contributed by atoms with Gasteiger partial charge in [-0.25, -0.2) is 4.98 Å². The third kappa shape index (κ3) is 3.47. The molecule has 1 aromatic heterocycles. The second kappa shape index (κ2) is 6.37. The Kier molecular flexibility index (Phi) is 5.35. The zero-order chi connectivity index (χ0) is 14.6. The molecule has 0 N–H and O–H groups in total. The molecule has 1 heterocycles. The summed E-state index contributed by atoms with van der Waals surface area (Å²) in [5.41, 5.74) is 0.0892. The van der Waals surface area contributed by atoms with Crippen LogP contribution in [0.4, 0.5) is 5.13 Å². The van der Waals surface area contributed by atoms with E-state index < -0.39 is 5.41 Å². The number of carbonyl (C=O) groups excluding carboxylic acids is 1. The van der Waals surface area contributed by atoms with Crippen molar-refractivity contribution >= 4 is 22.4 Å². The summed E-state index contributed by atoms with van der Waals surface area (Å²) in [6, 6.07) is 0.398. The summed E-state index contributed by atoms with van der Waals surface area (Å²) in [5, 5.41) is 2.92. The minimum absolute atomic E-state index is 0.223. The molecule has 0 unspecified atom stereocenters. The highest BCUT2D eigenvalue weighted by Crippen LogP contribution is 2.30. The first kappa shape index (κ1) is 16.0. The Morgan fingerprint density at radius 2 is 2.11 bits per heavy atom. The molecule has 0 aliphatic carbocycles. The molecule has 0 spiro atoms. The molecular formula is C14H24N2O2S. The van der Waals surface area contributed by atoms with Gasteiger partial charge in [-0.3, -0.25) is 4.79 Å². The number of hydrogen-bond donors (Lipinski definition) is 0. The summed E-state index contributed by atoms with van der Waals surface area (Å²) >= 11 is 1.58. The summed E-state index contributed by atoms with van der Waals surface area (Å²) in [5.74, 6) is -0.223. The van der Waals surface area contributed by atoms with Gasteiger partial charge in [-0.1, -0.05) is 0 Å². The maximum atomic E-state index is 12.0. The van der Waals surface area contributed by atoms with E-state index in [1.807, 2.05) is 26.2 Å². The second-order valence-corrected chi connectivity index (χ2v) is 6.08. The molecule has 0 aliphatic heterocycles. The van der Waals surface area contributed by atoms with Crippen LogP contribution in [0.25, 0.3) is 0 Å². The molecule has 0 bridgehead atoms. The largest absolute Gasteiger partial charge is 0.465 e. The number of esters is 1. The van der Waals surface area contributed by atoms with Crippen LogP contribution < -0.4 is 4.90 Å². The van der Waals surface area contributed by atoms with Crippen molar-refractivity contribution in [3.8, 4) is 0 Å². The second-order valence-electron chi connectivity index (χ2n) is 5.24. The number of aromatic nitrogens is 1. The standard InChI is InChI=1S/C14H24N2O2S/c1-7-16(10(3)4)13-15-11(9-19-13)14(5,6)12(17)18-8-2/h9-10H,7-8H2,1-6H3. The Morgan fingerprint density at radius 1 is 1.47 bits per heavy atom. The molecule has 0 atom stereocenters. The summed E-state index contributed by atoms with van der Waals surface area (Å²) in [6.07, 6.45) is 0. The molecule has 0 aliphatic rings. The Bertz CT molecular complexity index is 427. The number of nitrogens with zero attached hydrogens (tertiary/aromatic N) is 2. The van der Waals surface area contributed by atoms with Crippen molar-refractivity contribution in [2.75, 3.05) is 18.1 Å². The van der Waals surface area contributed by atoms with Crippen molar-refractivity contribution in [3.05, 3.63) is 11.1 Å². The van der Waals surface area contributed by atoms with Gasteiger partial charge in [0.25, 0.3) is 0 Å². The third-order valence-electron chi connectivity index (χ3n) is 3.13.